The van der Waals surface area contributed by atoms with E-state index in [1.54, 1.807) is 13.0 Å². The first kappa shape index (κ1) is 19.6. The number of benzene rings is 2. The average molecular weight is 395 g/mol. The largest absolute Gasteiger partial charge is 0.451 e. The summed E-state index contributed by atoms with van der Waals surface area (Å²) in [5.41, 5.74) is 3.46. The molecule has 3 aromatic rings. The quantitative estimate of drug-likeness (QED) is 0.718. The Labute approximate surface area is 170 Å². The van der Waals surface area contributed by atoms with Gasteiger partial charge in [0.15, 0.2) is 5.76 Å². The standard InChI is InChI=1S/C23H26FN3O2/c1-16-20-13-19(24)6-7-21(20)29-22(16)23(28)25-14-17-4-3-5-18(12-17)15-27-10-8-26(2)9-11-27/h3-7,12-13H,8-11,14-15H2,1-2H3,(H,25,28). The van der Waals surface area contributed by atoms with E-state index >= 15 is 0 Å². The monoisotopic (exact) mass is 395 g/mol. The van der Waals surface area contributed by atoms with Gasteiger partial charge in [-0.05, 0) is 43.3 Å². The van der Waals surface area contributed by atoms with Crippen molar-refractivity contribution < 1.29 is 13.6 Å². The van der Waals surface area contributed by atoms with Gasteiger partial charge in [0, 0.05) is 50.2 Å². The van der Waals surface area contributed by atoms with Crippen molar-refractivity contribution in [2.75, 3.05) is 33.2 Å². The lowest BCUT2D eigenvalue weighted by molar-refractivity contribution is 0.0924. The lowest BCUT2D eigenvalue weighted by atomic mass is 10.1. The van der Waals surface area contributed by atoms with E-state index in [-0.39, 0.29) is 17.5 Å². The van der Waals surface area contributed by atoms with E-state index in [9.17, 15) is 9.18 Å². The number of halogens is 1. The molecule has 0 bridgehead atoms. The molecule has 0 radical (unpaired) electrons. The molecule has 0 unspecified atom stereocenters. The van der Waals surface area contributed by atoms with Crippen LogP contribution in [-0.2, 0) is 13.1 Å². The third-order valence-corrected chi connectivity index (χ3v) is 5.55. The van der Waals surface area contributed by atoms with E-state index < -0.39 is 0 Å². The van der Waals surface area contributed by atoms with Crippen molar-refractivity contribution in [3.05, 3.63) is 70.7 Å². The second kappa shape index (κ2) is 8.35. The fraction of sp³-hybridized carbons (Fsp3) is 0.348. The lowest BCUT2D eigenvalue weighted by Gasteiger charge is -2.32. The number of furan rings is 1. The summed E-state index contributed by atoms with van der Waals surface area (Å²) in [7, 11) is 2.15. The minimum atomic E-state index is -0.342. The topological polar surface area (TPSA) is 48.7 Å². The van der Waals surface area contributed by atoms with Crippen LogP contribution < -0.4 is 5.32 Å². The SMILES string of the molecule is Cc1c(C(=O)NCc2cccc(CN3CCN(C)CC3)c2)oc2ccc(F)cc12. The van der Waals surface area contributed by atoms with Gasteiger partial charge in [0.1, 0.15) is 11.4 Å². The number of piperazine rings is 1. The first-order chi connectivity index (χ1) is 14.0. The first-order valence-corrected chi connectivity index (χ1v) is 9.95. The van der Waals surface area contributed by atoms with E-state index in [1.165, 1.54) is 17.7 Å². The van der Waals surface area contributed by atoms with Crippen molar-refractivity contribution >= 4 is 16.9 Å². The average Bonchev–Trinajstić information content (AvgIpc) is 3.04. The van der Waals surface area contributed by atoms with Crippen LogP contribution in [-0.4, -0.2) is 48.9 Å². The van der Waals surface area contributed by atoms with Gasteiger partial charge in [-0.25, -0.2) is 4.39 Å². The Bertz CT molecular complexity index is 1020. The zero-order chi connectivity index (χ0) is 20.4. The maximum absolute atomic E-state index is 13.5. The molecule has 1 saturated heterocycles. The zero-order valence-corrected chi connectivity index (χ0v) is 16.9. The summed E-state index contributed by atoms with van der Waals surface area (Å²) in [4.78, 5) is 17.4. The number of rotatable bonds is 5. The summed E-state index contributed by atoms with van der Waals surface area (Å²) in [6.07, 6.45) is 0. The molecule has 29 heavy (non-hydrogen) atoms. The van der Waals surface area contributed by atoms with Crippen LogP contribution in [0.3, 0.4) is 0 Å². The van der Waals surface area contributed by atoms with E-state index in [4.69, 9.17) is 4.42 Å². The van der Waals surface area contributed by atoms with Crippen LogP contribution in [0.1, 0.15) is 27.2 Å². The number of carbonyl (C=O) groups excluding carboxylic acids is 1. The van der Waals surface area contributed by atoms with Gasteiger partial charge in [-0.3, -0.25) is 9.69 Å². The minimum absolute atomic E-state index is 0.235. The van der Waals surface area contributed by atoms with Gasteiger partial charge in [0.05, 0.1) is 0 Å². The van der Waals surface area contributed by atoms with Crippen molar-refractivity contribution in [2.45, 2.75) is 20.0 Å². The van der Waals surface area contributed by atoms with Crippen molar-refractivity contribution in [3.63, 3.8) is 0 Å². The molecular formula is C23H26FN3O2. The van der Waals surface area contributed by atoms with E-state index in [0.29, 0.717) is 23.1 Å². The molecule has 2 aromatic carbocycles. The van der Waals surface area contributed by atoms with Gasteiger partial charge in [-0.2, -0.15) is 0 Å². The molecule has 1 fully saturated rings. The molecule has 0 aliphatic carbocycles. The zero-order valence-electron chi connectivity index (χ0n) is 16.9. The Hall–Kier alpha value is -2.70. The number of likely N-dealkylation sites (N-methyl/N-ethyl adjacent to an activating group) is 1. The fourth-order valence-corrected chi connectivity index (χ4v) is 3.77. The van der Waals surface area contributed by atoms with Gasteiger partial charge >= 0.3 is 0 Å². The summed E-state index contributed by atoms with van der Waals surface area (Å²) < 4.78 is 19.1. The Morgan fingerprint density at radius 3 is 2.66 bits per heavy atom. The smallest absolute Gasteiger partial charge is 0.287 e. The summed E-state index contributed by atoms with van der Waals surface area (Å²) in [6.45, 7) is 7.45. The van der Waals surface area contributed by atoms with Crippen molar-refractivity contribution in [3.8, 4) is 0 Å². The van der Waals surface area contributed by atoms with E-state index in [0.717, 1.165) is 38.3 Å². The number of aryl methyl sites for hydroxylation is 1. The Morgan fingerprint density at radius 1 is 1.10 bits per heavy atom. The normalized spacial score (nSPS) is 15.7. The molecule has 2 heterocycles. The number of hydrogen-bond donors (Lipinski definition) is 1. The molecule has 0 saturated carbocycles. The van der Waals surface area contributed by atoms with E-state index in [2.05, 4.69) is 34.3 Å². The molecule has 1 aliphatic heterocycles. The maximum Gasteiger partial charge on any atom is 0.287 e. The molecular weight excluding hydrogens is 369 g/mol. The number of fused-ring (bicyclic) bond motifs is 1. The van der Waals surface area contributed by atoms with E-state index in [1.807, 2.05) is 12.1 Å². The van der Waals surface area contributed by atoms with Crippen LogP contribution in [0.4, 0.5) is 4.39 Å². The molecule has 1 aromatic heterocycles. The van der Waals surface area contributed by atoms with Crippen LogP contribution >= 0.6 is 0 Å². The van der Waals surface area contributed by atoms with Gasteiger partial charge in [-0.1, -0.05) is 24.3 Å². The number of carbonyl (C=O) groups is 1. The van der Waals surface area contributed by atoms with Crippen LogP contribution in [0.5, 0.6) is 0 Å². The summed E-state index contributed by atoms with van der Waals surface area (Å²) in [5, 5.41) is 3.55. The summed E-state index contributed by atoms with van der Waals surface area (Å²) in [5.74, 6) is -0.395. The predicted octanol–water partition coefficient (Wildman–Crippen LogP) is 3.56. The molecule has 6 heteroatoms. The van der Waals surface area contributed by atoms with Crippen molar-refractivity contribution in [1.29, 1.82) is 0 Å². The van der Waals surface area contributed by atoms with Crippen molar-refractivity contribution in [1.82, 2.24) is 15.1 Å². The van der Waals surface area contributed by atoms with Gasteiger partial charge in [0.25, 0.3) is 5.91 Å². The van der Waals surface area contributed by atoms with Gasteiger partial charge in [-0.15, -0.1) is 0 Å². The highest BCUT2D eigenvalue weighted by molar-refractivity contribution is 5.98. The number of amides is 1. The van der Waals surface area contributed by atoms with Gasteiger partial charge < -0.3 is 14.6 Å². The first-order valence-electron chi connectivity index (χ1n) is 9.95. The molecule has 1 N–H and O–H groups in total. The molecule has 4 rings (SSSR count). The number of nitrogens with one attached hydrogen (secondary N) is 1. The summed E-state index contributed by atoms with van der Waals surface area (Å²) in [6, 6.07) is 12.6. The van der Waals surface area contributed by atoms with Crippen LogP contribution in [0.25, 0.3) is 11.0 Å². The molecule has 1 amide bonds. The lowest BCUT2D eigenvalue weighted by Crippen LogP contribution is -2.43. The Balaban J connectivity index is 1.40. The number of hydrogen-bond acceptors (Lipinski definition) is 4. The maximum atomic E-state index is 13.5. The Kier molecular flexibility index (Phi) is 5.65. The Morgan fingerprint density at radius 2 is 1.86 bits per heavy atom. The van der Waals surface area contributed by atoms with Crippen molar-refractivity contribution in [2.24, 2.45) is 0 Å². The molecule has 5 nitrogen and oxygen atoms in total. The van der Waals surface area contributed by atoms with Crippen LogP contribution in [0, 0.1) is 12.7 Å². The molecule has 152 valence electrons. The summed E-state index contributed by atoms with van der Waals surface area (Å²) >= 11 is 0. The molecule has 0 atom stereocenters. The third-order valence-electron chi connectivity index (χ3n) is 5.55. The highest BCUT2D eigenvalue weighted by Crippen LogP contribution is 2.26. The highest BCUT2D eigenvalue weighted by Gasteiger charge is 2.18. The second-order valence-corrected chi connectivity index (χ2v) is 7.78. The van der Waals surface area contributed by atoms with Gasteiger partial charge in [0.2, 0.25) is 0 Å². The minimum Gasteiger partial charge on any atom is -0.451 e. The highest BCUT2D eigenvalue weighted by atomic mass is 19.1. The van der Waals surface area contributed by atoms with Crippen LogP contribution in [0.2, 0.25) is 0 Å². The molecule has 1 aliphatic rings. The fourth-order valence-electron chi connectivity index (χ4n) is 3.77. The number of nitrogens with zero attached hydrogens (tertiary/aromatic N) is 2. The third kappa shape index (κ3) is 4.49. The van der Waals surface area contributed by atoms with Crippen LogP contribution in [0.15, 0.2) is 46.9 Å². The predicted molar refractivity (Wildman–Crippen MR) is 111 cm³/mol. The molecule has 0 spiro atoms. The second-order valence-electron chi connectivity index (χ2n) is 7.78.